The molecule has 0 aromatic carbocycles. The highest BCUT2D eigenvalue weighted by atomic mass is 16.2. The molecule has 2 aliphatic heterocycles. The maximum Gasteiger partial charge on any atom is 0.240 e. The first-order valence-corrected chi connectivity index (χ1v) is 8.85. The summed E-state index contributed by atoms with van der Waals surface area (Å²) in [5.74, 6) is 3.59. The van der Waals surface area contributed by atoms with Gasteiger partial charge in [0.15, 0.2) is 0 Å². The lowest BCUT2D eigenvalue weighted by Gasteiger charge is -2.42. The van der Waals surface area contributed by atoms with Crippen molar-refractivity contribution in [1.82, 2.24) is 10.2 Å². The maximum absolute atomic E-state index is 12.9. The second-order valence-corrected chi connectivity index (χ2v) is 7.62. The van der Waals surface area contributed by atoms with E-state index in [1.54, 1.807) is 0 Å². The molecule has 2 saturated heterocycles. The average molecular weight is 276 g/mol. The summed E-state index contributed by atoms with van der Waals surface area (Å²) >= 11 is 0. The van der Waals surface area contributed by atoms with E-state index in [0.29, 0.717) is 11.8 Å². The van der Waals surface area contributed by atoms with Gasteiger partial charge in [-0.15, -0.1) is 0 Å². The molecule has 0 aromatic rings. The molecule has 2 aliphatic carbocycles. The highest BCUT2D eigenvalue weighted by molar-refractivity contribution is 5.83. The Bertz CT molecular complexity index is 383. The second kappa shape index (κ2) is 5.32. The molecular formula is C17H28N2O. The predicted molar refractivity (Wildman–Crippen MR) is 79.3 cm³/mol. The Morgan fingerprint density at radius 1 is 0.900 bits per heavy atom. The summed E-state index contributed by atoms with van der Waals surface area (Å²) in [5, 5.41) is 3.54. The van der Waals surface area contributed by atoms with Crippen LogP contribution in [0.1, 0.15) is 51.4 Å². The van der Waals surface area contributed by atoms with Gasteiger partial charge in [0.1, 0.15) is 0 Å². The van der Waals surface area contributed by atoms with E-state index in [1.807, 2.05) is 0 Å². The van der Waals surface area contributed by atoms with E-state index in [9.17, 15) is 4.79 Å². The van der Waals surface area contributed by atoms with E-state index in [0.717, 1.165) is 37.4 Å². The third-order valence-corrected chi connectivity index (χ3v) is 6.61. The molecule has 0 spiro atoms. The predicted octanol–water partition coefficient (Wildman–Crippen LogP) is 2.41. The third kappa shape index (κ3) is 2.18. The fourth-order valence-electron chi connectivity index (χ4n) is 5.46. The van der Waals surface area contributed by atoms with Gasteiger partial charge in [0.25, 0.3) is 0 Å². The van der Waals surface area contributed by atoms with Gasteiger partial charge in [-0.2, -0.15) is 0 Å². The minimum Gasteiger partial charge on any atom is -0.341 e. The lowest BCUT2D eigenvalue weighted by atomic mass is 9.75. The Kier molecular flexibility index (Phi) is 3.49. The molecule has 0 radical (unpaired) electrons. The number of nitrogens with zero attached hydrogens (tertiary/aromatic N) is 1. The quantitative estimate of drug-likeness (QED) is 0.797. The Balaban J connectivity index is 1.41. The van der Waals surface area contributed by atoms with E-state index < -0.39 is 0 Å². The summed E-state index contributed by atoms with van der Waals surface area (Å²) < 4.78 is 0. The summed E-state index contributed by atoms with van der Waals surface area (Å²) in [6, 6.07) is 0.155. The van der Waals surface area contributed by atoms with Crippen LogP contribution in [0, 0.1) is 23.7 Å². The molecule has 1 amide bonds. The van der Waals surface area contributed by atoms with Crippen molar-refractivity contribution in [1.29, 1.82) is 0 Å². The van der Waals surface area contributed by atoms with Crippen LogP contribution in [0.15, 0.2) is 0 Å². The van der Waals surface area contributed by atoms with Gasteiger partial charge in [-0.05, 0) is 55.9 Å². The fourth-order valence-corrected chi connectivity index (χ4v) is 5.46. The van der Waals surface area contributed by atoms with Gasteiger partial charge in [0, 0.05) is 13.1 Å². The Morgan fingerprint density at radius 3 is 2.60 bits per heavy atom. The second-order valence-electron chi connectivity index (χ2n) is 7.62. The van der Waals surface area contributed by atoms with Crippen molar-refractivity contribution in [2.75, 3.05) is 19.6 Å². The molecule has 3 nitrogen and oxygen atoms in total. The average Bonchev–Trinajstić information content (AvgIpc) is 3.09. The highest BCUT2D eigenvalue weighted by Crippen LogP contribution is 2.40. The zero-order chi connectivity index (χ0) is 13.5. The summed E-state index contributed by atoms with van der Waals surface area (Å²) in [7, 11) is 0. The molecule has 4 rings (SSSR count). The molecule has 112 valence electrons. The molecular weight excluding hydrogens is 248 g/mol. The number of nitrogens with one attached hydrogen (secondary N) is 1. The van der Waals surface area contributed by atoms with Gasteiger partial charge in [-0.25, -0.2) is 0 Å². The van der Waals surface area contributed by atoms with Crippen LogP contribution in [0.2, 0.25) is 0 Å². The van der Waals surface area contributed by atoms with Crippen LogP contribution >= 0.6 is 0 Å². The SMILES string of the molecule is O=C(C1NCC2CCCC21)N1CCC2CCCCC2C1. The zero-order valence-corrected chi connectivity index (χ0v) is 12.5. The molecule has 0 bridgehead atoms. The zero-order valence-electron chi connectivity index (χ0n) is 12.5. The minimum absolute atomic E-state index is 0.155. The highest BCUT2D eigenvalue weighted by Gasteiger charge is 2.45. The number of piperidine rings is 1. The lowest BCUT2D eigenvalue weighted by molar-refractivity contribution is -0.137. The van der Waals surface area contributed by atoms with Gasteiger partial charge in [-0.3, -0.25) is 4.79 Å². The summed E-state index contributed by atoms with van der Waals surface area (Å²) in [6.07, 6.45) is 10.8. The topological polar surface area (TPSA) is 32.3 Å². The van der Waals surface area contributed by atoms with Gasteiger partial charge >= 0.3 is 0 Å². The molecule has 3 heteroatoms. The van der Waals surface area contributed by atoms with Crippen LogP contribution < -0.4 is 5.32 Å². The van der Waals surface area contributed by atoms with Crippen LogP contribution in [-0.2, 0) is 4.79 Å². The van der Waals surface area contributed by atoms with Crippen molar-refractivity contribution in [3.8, 4) is 0 Å². The van der Waals surface area contributed by atoms with Crippen molar-refractivity contribution in [3.05, 3.63) is 0 Å². The van der Waals surface area contributed by atoms with E-state index >= 15 is 0 Å². The number of likely N-dealkylation sites (tertiary alicyclic amines) is 1. The Hall–Kier alpha value is -0.570. The number of carbonyl (C=O) groups is 1. The van der Waals surface area contributed by atoms with Crippen molar-refractivity contribution in [3.63, 3.8) is 0 Å². The molecule has 4 aliphatic rings. The number of hydrogen-bond acceptors (Lipinski definition) is 2. The van der Waals surface area contributed by atoms with Crippen molar-refractivity contribution in [2.45, 2.75) is 57.4 Å². The smallest absolute Gasteiger partial charge is 0.240 e. The van der Waals surface area contributed by atoms with Crippen LogP contribution in [-0.4, -0.2) is 36.5 Å². The van der Waals surface area contributed by atoms with Crippen LogP contribution in [0.4, 0.5) is 0 Å². The van der Waals surface area contributed by atoms with Gasteiger partial charge < -0.3 is 10.2 Å². The lowest BCUT2D eigenvalue weighted by Crippen LogP contribution is -2.51. The molecule has 5 atom stereocenters. The largest absolute Gasteiger partial charge is 0.341 e. The molecule has 4 fully saturated rings. The third-order valence-electron chi connectivity index (χ3n) is 6.61. The monoisotopic (exact) mass is 276 g/mol. The number of carbonyl (C=O) groups excluding carboxylic acids is 1. The number of hydrogen-bond donors (Lipinski definition) is 1. The van der Waals surface area contributed by atoms with Crippen LogP contribution in [0.25, 0.3) is 0 Å². The Labute approximate surface area is 122 Å². The standard InChI is InChI=1S/C17H28N2O/c20-17(16-15-7-3-6-13(15)10-18-16)19-9-8-12-4-1-2-5-14(12)11-19/h12-16,18H,1-11H2. The van der Waals surface area contributed by atoms with Gasteiger partial charge in [0.05, 0.1) is 6.04 Å². The van der Waals surface area contributed by atoms with E-state index in [1.165, 1.54) is 51.4 Å². The van der Waals surface area contributed by atoms with E-state index in [-0.39, 0.29) is 6.04 Å². The first-order chi connectivity index (χ1) is 9.83. The Morgan fingerprint density at radius 2 is 1.70 bits per heavy atom. The first kappa shape index (κ1) is 13.1. The van der Waals surface area contributed by atoms with Gasteiger partial charge in [-0.1, -0.05) is 25.7 Å². The van der Waals surface area contributed by atoms with Crippen molar-refractivity contribution in [2.24, 2.45) is 23.7 Å². The van der Waals surface area contributed by atoms with Crippen molar-refractivity contribution >= 4 is 5.91 Å². The maximum atomic E-state index is 12.9. The fraction of sp³-hybridized carbons (Fsp3) is 0.941. The molecule has 2 saturated carbocycles. The van der Waals surface area contributed by atoms with Gasteiger partial charge in [0.2, 0.25) is 5.91 Å². The normalized spacial score (nSPS) is 44.2. The molecule has 1 N–H and O–H groups in total. The molecule has 2 heterocycles. The summed E-state index contributed by atoms with van der Waals surface area (Å²) in [4.78, 5) is 15.1. The first-order valence-electron chi connectivity index (χ1n) is 8.85. The van der Waals surface area contributed by atoms with Crippen molar-refractivity contribution < 1.29 is 4.79 Å². The van der Waals surface area contributed by atoms with E-state index in [4.69, 9.17) is 0 Å². The summed E-state index contributed by atoms with van der Waals surface area (Å²) in [5.41, 5.74) is 0. The number of amides is 1. The molecule has 5 unspecified atom stereocenters. The number of fused-ring (bicyclic) bond motifs is 2. The number of rotatable bonds is 1. The van der Waals surface area contributed by atoms with E-state index in [2.05, 4.69) is 10.2 Å². The molecule has 0 aromatic heterocycles. The summed E-state index contributed by atoms with van der Waals surface area (Å²) in [6.45, 7) is 3.16. The minimum atomic E-state index is 0.155. The van der Waals surface area contributed by atoms with Crippen LogP contribution in [0.5, 0.6) is 0 Å². The van der Waals surface area contributed by atoms with Crippen LogP contribution in [0.3, 0.4) is 0 Å². The molecule has 20 heavy (non-hydrogen) atoms.